The molecule has 2 rings (SSSR count). The number of hydrogen-bond acceptors (Lipinski definition) is 6. The molecular formula is C15H20N2O6S. The zero-order valence-electron chi connectivity index (χ0n) is 13.8. The van der Waals surface area contributed by atoms with Gasteiger partial charge < -0.3 is 4.74 Å². The molecule has 0 spiro atoms. The Bertz CT molecular complexity index is 751. The van der Waals surface area contributed by atoms with E-state index in [2.05, 4.69) is 0 Å². The molecule has 0 saturated carbocycles. The Morgan fingerprint density at radius 3 is 2.46 bits per heavy atom. The van der Waals surface area contributed by atoms with Crippen molar-refractivity contribution in [2.24, 2.45) is 0 Å². The second-order valence-corrected chi connectivity index (χ2v) is 7.74. The maximum absolute atomic E-state index is 13.1. The molecule has 1 heterocycles. The number of nitrogens with zero attached hydrogens (tertiary/aromatic N) is 2. The Labute approximate surface area is 140 Å². The first-order valence-electron chi connectivity index (χ1n) is 7.49. The highest BCUT2D eigenvalue weighted by molar-refractivity contribution is 7.89. The van der Waals surface area contributed by atoms with Crippen molar-refractivity contribution >= 4 is 21.5 Å². The van der Waals surface area contributed by atoms with E-state index >= 15 is 0 Å². The third-order valence-electron chi connectivity index (χ3n) is 3.92. The first-order valence-corrected chi connectivity index (χ1v) is 8.93. The fourth-order valence-corrected chi connectivity index (χ4v) is 5.01. The van der Waals surface area contributed by atoms with Gasteiger partial charge in [-0.3, -0.25) is 14.9 Å². The molecule has 0 N–H and O–H groups in total. The van der Waals surface area contributed by atoms with Gasteiger partial charge in [-0.25, -0.2) is 8.42 Å². The first-order chi connectivity index (χ1) is 11.1. The summed E-state index contributed by atoms with van der Waals surface area (Å²) in [5, 5.41) is 10.9. The largest absolute Gasteiger partial charge is 0.378 e. The number of nitro groups is 1. The van der Waals surface area contributed by atoms with Crippen molar-refractivity contribution in [3.8, 4) is 0 Å². The monoisotopic (exact) mass is 356 g/mol. The molecule has 1 atom stereocenters. The van der Waals surface area contributed by atoms with Crippen LogP contribution in [0.1, 0.15) is 24.5 Å². The summed E-state index contributed by atoms with van der Waals surface area (Å²) < 4.78 is 32.8. The number of nitro benzene ring substituents is 1. The molecule has 1 unspecified atom stereocenters. The lowest BCUT2D eigenvalue weighted by Crippen LogP contribution is -2.49. The average molecular weight is 356 g/mol. The summed E-state index contributed by atoms with van der Waals surface area (Å²) in [6.07, 6.45) is 0.0737. The standard InChI is InChI=1S/C15H20N2O6S/c1-10-6-13(17(19)20)7-11(2)15(10)24(21,22)16-4-5-23-9-14(16)8-12(3)18/h6-7,14H,4-5,8-9H2,1-3H3. The van der Waals surface area contributed by atoms with Crippen LogP contribution in [0.15, 0.2) is 17.0 Å². The van der Waals surface area contributed by atoms with E-state index < -0.39 is 21.0 Å². The molecule has 1 saturated heterocycles. The van der Waals surface area contributed by atoms with E-state index in [-0.39, 0.29) is 42.5 Å². The summed E-state index contributed by atoms with van der Waals surface area (Å²) in [6, 6.07) is 1.94. The molecule has 1 aliphatic heterocycles. The fourth-order valence-electron chi connectivity index (χ4n) is 3.01. The predicted octanol–water partition coefficient (Wildman–Crippen LogP) is 1.58. The van der Waals surface area contributed by atoms with Crippen LogP contribution in [-0.4, -0.2) is 49.2 Å². The molecule has 0 amide bonds. The minimum absolute atomic E-state index is 0.0588. The third-order valence-corrected chi connectivity index (χ3v) is 6.18. The number of Topliss-reactive ketones (excluding diaryl/α,β-unsaturated/α-hetero) is 1. The number of non-ortho nitro benzene ring substituents is 1. The highest BCUT2D eigenvalue weighted by Crippen LogP contribution is 2.30. The number of carbonyl (C=O) groups is 1. The number of ether oxygens (including phenoxy) is 1. The van der Waals surface area contributed by atoms with Crippen LogP contribution < -0.4 is 0 Å². The van der Waals surface area contributed by atoms with E-state index in [1.807, 2.05) is 0 Å². The predicted molar refractivity (Wildman–Crippen MR) is 86.4 cm³/mol. The zero-order chi connectivity index (χ0) is 18.1. The van der Waals surface area contributed by atoms with Gasteiger partial charge in [0, 0.05) is 25.1 Å². The number of carbonyl (C=O) groups excluding carboxylic acids is 1. The first kappa shape index (κ1) is 18.5. The van der Waals surface area contributed by atoms with Crippen molar-refractivity contribution in [2.75, 3.05) is 19.8 Å². The van der Waals surface area contributed by atoms with E-state index in [0.29, 0.717) is 11.1 Å². The van der Waals surface area contributed by atoms with Crippen molar-refractivity contribution in [3.63, 3.8) is 0 Å². The molecule has 0 aliphatic carbocycles. The molecule has 8 nitrogen and oxygen atoms in total. The van der Waals surface area contributed by atoms with Gasteiger partial charge in [0.05, 0.1) is 29.1 Å². The van der Waals surface area contributed by atoms with Gasteiger partial charge in [0.25, 0.3) is 5.69 Å². The average Bonchev–Trinajstić information content (AvgIpc) is 2.45. The molecule has 0 aromatic heterocycles. The molecule has 1 aromatic carbocycles. The smallest absolute Gasteiger partial charge is 0.270 e. The van der Waals surface area contributed by atoms with Gasteiger partial charge in [-0.15, -0.1) is 0 Å². The van der Waals surface area contributed by atoms with Gasteiger partial charge in [-0.2, -0.15) is 4.31 Å². The van der Waals surface area contributed by atoms with Crippen molar-refractivity contribution in [3.05, 3.63) is 33.4 Å². The number of morpholine rings is 1. The van der Waals surface area contributed by atoms with Crippen molar-refractivity contribution < 1.29 is 22.9 Å². The fraction of sp³-hybridized carbons (Fsp3) is 0.533. The second-order valence-electron chi connectivity index (χ2n) is 5.92. The number of sulfonamides is 1. The van der Waals surface area contributed by atoms with Crippen LogP contribution >= 0.6 is 0 Å². The summed E-state index contributed by atoms with van der Waals surface area (Å²) in [6.45, 7) is 5.03. The van der Waals surface area contributed by atoms with Crippen LogP contribution in [0.3, 0.4) is 0 Å². The Morgan fingerprint density at radius 2 is 1.96 bits per heavy atom. The SMILES string of the molecule is CC(=O)CC1COCCN1S(=O)(=O)c1c(C)cc([N+](=O)[O-])cc1C. The summed E-state index contributed by atoms with van der Waals surface area (Å²) in [4.78, 5) is 21.9. The van der Waals surface area contributed by atoms with Crippen molar-refractivity contribution in [1.29, 1.82) is 0 Å². The van der Waals surface area contributed by atoms with Gasteiger partial charge >= 0.3 is 0 Å². The zero-order valence-corrected chi connectivity index (χ0v) is 14.6. The quantitative estimate of drug-likeness (QED) is 0.585. The Morgan fingerprint density at radius 1 is 1.38 bits per heavy atom. The molecule has 1 aliphatic rings. The highest BCUT2D eigenvalue weighted by Gasteiger charge is 2.36. The molecule has 1 fully saturated rings. The van der Waals surface area contributed by atoms with Gasteiger partial charge in [0.1, 0.15) is 5.78 Å². The third kappa shape index (κ3) is 3.63. The molecule has 9 heteroatoms. The van der Waals surface area contributed by atoms with E-state index in [1.54, 1.807) is 0 Å². The summed E-state index contributed by atoms with van der Waals surface area (Å²) in [5.74, 6) is -0.122. The number of benzene rings is 1. The number of aryl methyl sites for hydroxylation is 2. The maximum atomic E-state index is 13.1. The molecule has 0 bridgehead atoms. The minimum Gasteiger partial charge on any atom is -0.378 e. The topological polar surface area (TPSA) is 107 Å². The van der Waals surface area contributed by atoms with Gasteiger partial charge in [0.2, 0.25) is 10.0 Å². The normalized spacial score (nSPS) is 19.2. The second kappa shape index (κ2) is 6.96. The van der Waals surface area contributed by atoms with E-state index in [9.17, 15) is 23.3 Å². The summed E-state index contributed by atoms with van der Waals surface area (Å²) in [5.41, 5.74) is 0.482. The molecular weight excluding hydrogens is 336 g/mol. The van der Waals surface area contributed by atoms with Crippen molar-refractivity contribution in [1.82, 2.24) is 4.31 Å². The van der Waals surface area contributed by atoms with Crippen LogP contribution in [0.5, 0.6) is 0 Å². The number of hydrogen-bond donors (Lipinski definition) is 0. The number of ketones is 1. The molecule has 1 aromatic rings. The Balaban J connectivity index is 2.49. The lowest BCUT2D eigenvalue weighted by atomic mass is 10.1. The van der Waals surface area contributed by atoms with Gasteiger partial charge in [0.15, 0.2) is 0 Å². The van der Waals surface area contributed by atoms with E-state index in [1.165, 1.54) is 37.2 Å². The van der Waals surface area contributed by atoms with Gasteiger partial charge in [-0.1, -0.05) is 0 Å². The highest BCUT2D eigenvalue weighted by atomic mass is 32.2. The maximum Gasteiger partial charge on any atom is 0.270 e. The molecule has 24 heavy (non-hydrogen) atoms. The van der Waals surface area contributed by atoms with Crippen LogP contribution in [0, 0.1) is 24.0 Å². The van der Waals surface area contributed by atoms with Crippen molar-refractivity contribution in [2.45, 2.75) is 38.1 Å². The summed E-state index contributed by atoms with van der Waals surface area (Å²) >= 11 is 0. The molecule has 132 valence electrons. The van der Waals surface area contributed by atoms with Crippen LogP contribution in [0.4, 0.5) is 5.69 Å². The van der Waals surface area contributed by atoms with Crippen LogP contribution in [0.25, 0.3) is 0 Å². The lowest BCUT2D eigenvalue weighted by molar-refractivity contribution is -0.385. The van der Waals surface area contributed by atoms with Crippen LogP contribution in [-0.2, 0) is 19.6 Å². The van der Waals surface area contributed by atoms with Gasteiger partial charge in [-0.05, 0) is 31.9 Å². The van der Waals surface area contributed by atoms with Crippen LogP contribution in [0.2, 0.25) is 0 Å². The van der Waals surface area contributed by atoms with E-state index in [4.69, 9.17) is 4.74 Å². The minimum atomic E-state index is -3.88. The van der Waals surface area contributed by atoms with E-state index in [0.717, 1.165) is 0 Å². The Hall–Kier alpha value is -1.84. The number of rotatable bonds is 5. The molecule has 0 radical (unpaired) electrons. The Kier molecular flexibility index (Phi) is 5.36. The lowest BCUT2D eigenvalue weighted by Gasteiger charge is -2.34. The summed E-state index contributed by atoms with van der Waals surface area (Å²) in [7, 11) is -3.88.